The molecule has 0 bridgehead atoms. The van der Waals surface area contributed by atoms with Gasteiger partial charge in [-0.25, -0.2) is 9.11 Å². The highest BCUT2D eigenvalue weighted by Gasteiger charge is 2.40. The lowest BCUT2D eigenvalue weighted by Gasteiger charge is -2.27. The van der Waals surface area contributed by atoms with Gasteiger partial charge in [0.25, 0.3) is 5.91 Å². The topological polar surface area (TPSA) is 79.6 Å². The summed E-state index contributed by atoms with van der Waals surface area (Å²) in [5, 5.41) is 0.537. The van der Waals surface area contributed by atoms with Gasteiger partial charge in [0, 0.05) is 12.4 Å². The van der Waals surface area contributed by atoms with Gasteiger partial charge in [0.15, 0.2) is 0 Å². The van der Waals surface area contributed by atoms with Gasteiger partial charge in [0.2, 0.25) is 0 Å². The van der Waals surface area contributed by atoms with Crippen LogP contribution in [0.25, 0.3) is 11.0 Å². The maximum atomic E-state index is 13.3. The minimum Gasteiger partial charge on any atom is -0.463 e. The quantitative estimate of drug-likeness (QED) is 0.683. The molecule has 1 unspecified atom stereocenters. The van der Waals surface area contributed by atoms with Crippen LogP contribution in [0, 0.1) is 11.7 Å². The first-order chi connectivity index (χ1) is 13.4. The molecule has 3 aromatic rings. The van der Waals surface area contributed by atoms with Crippen molar-refractivity contribution in [3.8, 4) is 0 Å². The van der Waals surface area contributed by atoms with Crippen molar-refractivity contribution in [1.82, 2.24) is 9.03 Å². The number of carbonyl (C=O) groups excluding carboxylic acids is 1. The fourth-order valence-electron chi connectivity index (χ4n) is 3.40. The van der Waals surface area contributed by atoms with E-state index in [1.165, 1.54) is 25.4 Å². The Morgan fingerprint density at radius 2 is 1.86 bits per heavy atom. The maximum Gasteiger partial charge on any atom is 0.304 e. The Hall–Kier alpha value is -2.71. The summed E-state index contributed by atoms with van der Waals surface area (Å²) in [6.07, 6.45) is 3.00. The molecule has 2 aromatic carbocycles. The van der Waals surface area contributed by atoms with Crippen LogP contribution >= 0.6 is 0 Å². The van der Waals surface area contributed by atoms with E-state index in [9.17, 15) is 17.6 Å². The molecule has 0 saturated heterocycles. The third-order valence-electron chi connectivity index (χ3n) is 5.00. The summed E-state index contributed by atoms with van der Waals surface area (Å²) in [7, 11) is -2.69. The van der Waals surface area contributed by atoms with Crippen molar-refractivity contribution in [2.24, 2.45) is 5.92 Å². The molecule has 0 radical (unpaired) electrons. The van der Waals surface area contributed by atoms with E-state index in [1.54, 1.807) is 36.4 Å². The lowest BCUT2D eigenvalue weighted by molar-refractivity contribution is 0.0979. The van der Waals surface area contributed by atoms with E-state index >= 15 is 0 Å². The highest BCUT2D eigenvalue weighted by molar-refractivity contribution is 7.87. The predicted molar refractivity (Wildman–Crippen MR) is 102 cm³/mol. The first-order valence-corrected chi connectivity index (χ1v) is 10.3. The average molecular weight is 402 g/mol. The average Bonchev–Trinajstić information content (AvgIpc) is 3.40. The molecule has 6 nitrogen and oxygen atoms in total. The molecule has 1 atom stereocenters. The highest BCUT2D eigenvalue weighted by Crippen LogP contribution is 2.44. The van der Waals surface area contributed by atoms with Gasteiger partial charge in [0.1, 0.15) is 17.7 Å². The molecule has 1 N–H and O–H groups in total. The van der Waals surface area contributed by atoms with E-state index in [-0.39, 0.29) is 17.3 Å². The number of halogens is 1. The van der Waals surface area contributed by atoms with Crippen molar-refractivity contribution in [3.63, 3.8) is 0 Å². The lowest BCUT2D eigenvalue weighted by atomic mass is 10.0. The van der Waals surface area contributed by atoms with E-state index in [0.717, 1.165) is 17.1 Å². The van der Waals surface area contributed by atoms with Gasteiger partial charge in [-0.2, -0.15) is 12.7 Å². The van der Waals surface area contributed by atoms with Crippen LogP contribution in [-0.2, 0) is 10.2 Å². The number of carbonyl (C=O) groups is 1. The number of fused-ring (bicyclic) bond motifs is 1. The molecule has 1 aromatic heterocycles. The van der Waals surface area contributed by atoms with Crippen molar-refractivity contribution < 1.29 is 22.0 Å². The Kier molecular flexibility index (Phi) is 4.68. The first-order valence-electron chi connectivity index (χ1n) is 8.88. The fourth-order valence-corrected chi connectivity index (χ4v) is 4.48. The summed E-state index contributed by atoms with van der Waals surface area (Å²) in [5.74, 6) is -1.01. The predicted octanol–water partition coefficient (Wildman–Crippen LogP) is 3.63. The summed E-state index contributed by atoms with van der Waals surface area (Å²) >= 11 is 0. The second-order valence-electron chi connectivity index (χ2n) is 6.93. The Balaban J connectivity index is 1.59. The Labute approximate surface area is 162 Å². The van der Waals surface area contributed by atoms with Crippen LogP contribution in [0.3, 0.4) is 0 Å². The number of hydrogen-bond acceptors (Lipinski definition) is 4. The molecule has 1 saturated carbocycles. The zero-order chi connectivity index (χ0) is 19.9. The fraction of sp³-hybridized carbons (Fsp3) is 0.250. The smallest absolute Gasteiger partial charge is 0.304 e. The second kappa shape index (κ2) is 7.03. The third kappa shape index (κ3) is 3.53. The molecule has 1 amide bonds. The van der Waals surface area contributed by atoms with Gasteiger partial charge in [-0.3, -0.25) is 4.79 Å². The molecule has 8 heteroatoms. The van der Waals surface area contributed by atoms with Gasteiger partial charge in [-0.05, 0) is 42.5 Å². The molecule has 1 aliphatic rings. The van der Waals surface area contributed by atoms with Crippen molar-refractivity contribution in [2.75, 3.05) is 7.05 Å². The summed E-state index contributed by atoms with van der Waals surface area (Å²) in [6, 6.07) is 12.2. The molecule has 1 fully saturated rings. The Morgan fingerprint density at radius 1 is 1.18 bits per heavy atom. The molecule has 28 heavy (non-hydrogen) atoms. The van der Waals surface area contributed by atoms with Gasteiger partial charge < -0.3 is 4.42 Å². The van der Waals surface area contributed by atoms with Crippen LogP contribution in [0.15, 0.2) is 59.2 Å². The largest absolute Gasteiger partial charge is 0.463 e. The maximum absolute atomic E-state index is 13.3. The number of hydrogen-bond donors (Lipinski definition) is 1. The van der Waals surface area contributed by atoms with Crippen LogP contribution in [0.2, 0.25) is 0 Å². The van der Waals surface area contributed by atoms with Crippen LogP contribution in [0.4, 0.5) is 4.39 Å². The van der Waals surface area contributed by atoms with E-state index in [1.807, 2.05) is 0 Å². The van der Waals surface area contributed by atoms with E-state index in [2.05, 4.69) is 4.72 Å². The van der Waals surface area contributed by atoms with Crippen molar-refractivity contribution in [2.45, 2.75) is 18.9 Å². The second-order valence-corrected chi connectivity index (χ2v) is 8.66. The van der Waals surface area contributed by atoms with Gasteiger partial charge in [-0.15, -0.1) is 0 Å². The van der Waals surface area contributed by atoms with Crippen LogP contribution < -0.4 is 4.72 Å². The molecule has 1 heterocycles. The third-order valence-corrected chi connectivity index (χ3v) is 6.43. The number of rotatable bonds is 6. The van der Waals surface area contributed by atoms with Crippen molar-refractivity contribution in [1.29, 1.82) is 0 Å². The summed E-state index contributed by atoms with van der Waals surface area (Å²) < 4.78 is 47.6. The van der Waals surface area contributed by atoms with Crippen LogP contribution in [0.1, 0.15) is 34.8 Å². The van der Waals surface area contributed by atoms with E-state index < -0.39 is 22.2 Å². The number of furan rings is 1. The molecule has 1 aliphatic carbocycles. The summed E-state index contributed by atoms with van der Waals surface area (Å²) in [5.41, 5.74) is 1.34. The molecule has 146 valence electrons. The number of benzene rings is 2. The van der Waals surface area contributed by atoms with Gasteiger partial charge in [0.05, 0.1) is 11.6 Å². The molecular weight excluding hydrogens is 383 g/mol. The SMILES string of the molecule is CN(C(c1ccc(F)cc1)C1CC1)S(=O)(=O)NC(=O)c1coc2ccccc12. The summed E-state index contributed by atoms with van der Waals surface area (Å²) in [6.45, 7) is 0. The first kappa shape index (κ1) is 18.6. The zero-order valence-electron chi connectivity index (χ0n) is 15.1. The number of amides is 1. The molecule has 4 rings (SSSR count). The minimum absolute atomic E-state index is 0.136. The summed E-state index contributed by atoms with van der Waals surface area (Å²) in [4.78, 5) is 12.6. The molecule has 0 spiro atoms. The molecule has 0 aliphatic heterocycles. The lowest BCUT2D eigenvalue weighted by Crippen LogP contribution is -2.43. The van der Waals surface area contributed by atoms with Crippen LogP contribution in [0.5, 0.6) is 0 Å². The van der Waals surface area contributed by atoms with E-state index in [0.29, 0.717) is 16.5 Å². The number of para-hydroxylation sites is 1. The highest BCUT2D eigenvalue weighted by atomic mass is 32.2. The molecular formula is C20H19FN2O4S. The number of nitrogens with zero attached hydrogens (tertiary/aromatic N) is 1. The standard InChI is InChI=1S/C20H19FN2O4S/c1-23(19(13-6-7-13)14-8-10-15(21)11-9-14)28(25,26)22-20(24)17-12-27-18-5-3-2-4-16(17)18/h2-5,8-13,19H,6-7H2,1H3,(H,22,24). The Morgan fingerprint density at radius 3 is 2.54 bits per heavy atom. The van der Waals surface area contributed by atoms with Crippen LogP contribution in [-0.4, -0.2) is 25.7 Å². The monoisotopic (exact) mass is 402 g/mol. The number of nitrogens with one attached hydrogen (secondary N) is 1. The zero-order valence-corrected chi connectivity index (χ0v) is 15.9. The minimum atomic E-state index is -4.12. The van der Waals surface area contributed by atoms with Crippen molar-refractivity contribution >= 4 is 27.1 Å². The van der Waals surface area contributed by atoms with Gasteiger partial charge >= 0.3 is 10.2 Å². The Bertz CT molecular complexity index is 1120. The van der Waals surface area contributed by atoms with Gasteiger partial charge in [-0.1, -0.05) is 30.3 Å². The van der Waals surface area contributed by atoms with E-state index in [4.69, 9.17) is 4.42 Å². The van der Waals surface area contributed by atoms with Crippen molar-refractivity contribution in [3.05, 3.63) is 71.7 Å². The normalized spacial score (nSPS) is 15.7.